The van der Waals surface area contributed by atoms with Crippen molar-refractivity contribution < 1.29 is 17.9 Å². The molecule has 0 fully saturated rings. The fourth-order valence-electron chi connectivity index (χ4n) is 2.57. The molecule has 0 unspecified atom stereocenters. The summed E-state index contributed by atoms with van der Waals surface area (Å²) in [6.07, 6.45) is 2.47. The van der Waals surface area contributed by atoms with E-state index in [0.717, 1.165) is 11.3 Å². The highest BCUT2D eigenvalue weighted by Gasteiger charge is 2.17. The Hall–Kier alpha value is -2.23. The number of carbonyl (C=O) groups excluding carboxylic acids is 1. The van der Waals surface area contributed by atoms with Gasteiger partial charge < -0.3 is 10.1 Å². The van der Waals surface area contributed by atoms with Crippen LogP contribution in [0.1, 0.15) is 23.7 Å². The number of nitrogens with zero attached hydrogens (tertiary/aromatic N) is 2. The number of aromatic nitrogens is 2. The van der Waals surface area contributed by atoms with Gasteiger partial charge in [0.2, 0.25) is 15.9 Å². The van der Waals surface area contributed by atoms with Crippen LogP contribution in [-0.2, 0) is 33.0 Å². The van der Waals surface area contributed by atoms with E-state index in [0.29, 0.717) is 13.0 Å². The zero-order valence-electron chi connectivity index (χ0n) is 15.1. The molecule has 2 aromatic rings. The summed E-state index contributed by atoms with van der Waals surface area (Å²) < 4.78 is 32.6. The largest absolute Gasteiger partial charge is 0.382 e. The number of rotatable bonds is 9. The molecular weight excluding hydrogens is 356 g/mol. The number of methoxy groups -OCH3 is 1. The van der Waals surface area contributed by atoms with Gasteiger partial charge in [0, 0.05) is 26.8 Å². The highest BCUT2D eigenvalue weighted by molar-refractivity contribution is 7.89. The Morgan fingerprint density at radius 1 is 1.27 bits per heavy atom. The van der Waals surface area contributed by atoms with Gasteiger partial charge in [0.25, 0.3) is 0 Å². The van der Waals surface area contributed by atoms with E-state index >= 15 is 0 Å². The minimum atomic E-state index is -3.45. The molecule has 8 nitrogen and oxygen atoms in total. The lowest BCUT2D eigenvalue weighted by Crippen LogP contribution is -2.32. The molecule has 0 radical (unpaired) electrons. The molecule has 1 heterocycles. The normalized spacial score (nSPS) is 12.7. The van der Waals surface area contributed by atoms with Crippen LogP contribution in [0.15, 0.2) is 41.4 Å². The number of sulfonamides is 1. The molecule has 1 aromatic carbocycles. The number of benzene rings is 1. The van der Waals surface area contributed by atoms with Crippen LogP contribution < -0.4 is 10.0 Å². The van der Waals surface area contributed by atoms with Gasteiger partial charge in [-0.05, 0) is 37.2 Å². The standard InChI is InChI=1S/C17H24N4O4S/c1-18-26(23,24)14-7-4-13(5-8-14)6-9-17(22)20-15(12-25-3)16-10-11-19-21(16)2/h4-5,7-8,10-11,15,18H,6,9,12H2,1-3H3,(H,20,22)/t15-/m0/s1. The summed E-state index contributed by atoms with van der Waals surface area (Å²) in [5.74, 6) is -0.111. The summed E-state index contributed by atoms with van der Waals surface area (Å²) in [7, 11) is 1.31. The second-order valence-corrected chi connectivity index (χ2v) is 7.69. The molecule has 0 saturated heterocycles. The Morgan fingerprint density at radius 3 is 2.50 bits per heavy atom. The Labute approximate surface area is 153 Å². The molecule has 26 heavy (non-hydrogen) atoms. The number of aryl methyl sites for hydroxylation is 2. The molecule has 1 aromatic heterocycles. The molecular formula is C17H24N4O4S. The smallest absolute Gasteiger partial charge is 0.240 e. The third-order valence-corrected chi connectivity index (χ3v) is 5.46. The van der Waals surface area contributed by atoms with Gasteiger partial charge in [0.15, 0.2) is 0 Å². The van der Waals surface area contributed by atoms with Crippen molar-refractivity contribution in [2.24, 2.45) is 7.05 Å². The van der Waals surface area contributed by atoms with Crippen molar-refractivity contribution in [1.82, 2.24) is 19.8 Å². The van der Waals surface area contributed by atoms with Crippen LogP contribution in [0.5, 0.6) is 0 Å². The summed E-state index contributed by atoms with van der Waals surface area (Å²) in [5, 5.41) is 7.06. The Morgan fingerprint density at radius 2 is 1.96 bits per heavy atom. The Kier molecular flexibility index (Phi) is 6.90. The van der Waals surface area contributed by atoms with Crippen molar-refractivity contribution in [2.45, 2.75) is 23.8 Å². The summed E-state index contributed by atoms with van der Waals surface area (Å²) in [6, 6.07) is 8.05. The molecule has 2 rings (SSSR count). The van der Waals surface area contributed by atoms with Crippen molar-refractivity contribution in [1.29, 1.82) is 0 Å². The van der Waals surface area contributed by atoms with Crippen LogP contribution in [0.3, 0.4) is 0 Å². The number of ether oxygens (including phenoxy) is 1. The zero-order valence-corrected chi connectivity index (χ0v) is 15.9. The lowest BCUT2D eigenvalue weighted by Gasteiger charge is -2.18. The average Bonchev–Trinajstić information content (AvgIpc) is 3.06. The number of hydrogen-bond donors (Lipinski definition) is 2. The van der Waals surface area contributed by atoms with Crippen molar-refractivity contribution in [3.63, 3.8) is 0 Å². The first kappa shape index (κ1) is 20.1. The van der Waals surface area contributed by atoms with E-state index in [2.05, 4.69) is 15.1 Å². The third-order valence-electron chi connectivity index (χ3n) is 4.03. The van der Waals surface area contributed by atoms with Crippen LogP contribution >= 0.6 is 0 Å². The molecule has 0 saturated carbocycles. The van der Waals surface area contributed by atoms with E-state index in [1.54, 1.807) is 30.1 Å². The van der Waals surface area contributed by atoms with E-state index in [9.17, 15) is 13.2 Å². The van der Waals surface area contributed by atoms with E-state index in [4.69, 9.17) is 4.74 Å². The summed E-state index contributed by atoms with van der Waals surface area (Å²) >= 11 is 0. The second-order valence-electron chi connectivity index (χ2n) is 5.81. The predicted octanol–water partition coefficient (Wildman–Crippen LogP) is 0.765. The molecule has 1 atom stereocenters. The molecule has 0 bridgehead atoms. The molecule has 9 heteroatoms. The minimum Gasteiger partial charge on any atom is -0.382 e. The fraction of sp³-hybridized carbons (Fsp3) is 0.412. The molecule has 0 aliphatic heterocycles. The minimum absolute atomic E-state index is 0.111. The fourth-order valence-corrected chi connectivity index (χ4v) is 3.30. The first-order valence-corrected chi connectivity index (χ1v) is 9.64. The molecule has 2 N–H and O–H groups in total. The van der Waals surface area contributed by atoms with Gasteiger partial charge in [-0.2, -0.15) is 5.10 Å². The zero-order chi connectivity index (χ0) is 19.2. The van der Waals surface area contributed by atoms with Gasteiger partial charge in [-0.15, -0.1) is 0 Å². The average molecular weight is 380 g/mol. The first-order valence-electron chi connectivity index (χ1n) is 8.16. The lowest BCUT2D eigenvalue weighted by molar-refractivity contribution is -0.122. The topological polar surface area (TPSA) is 102 Å². The molecule has 0 aliphatic carbocycles. The predicted molar refractivity (Wildman–Crippen MR) is 97.0 cm³/mol. The number of nitrogens with one attached hydrogen (secondary N) is 2. The highest BCUT2D eigenvalue weighted by atomic mass is 32.2. The maximum atomic E-state index is 12.3. The van der Waals surface area contributed by atoms with Crippen molar-refractivity contribution in [3.05, 3.63) is 47.8 Å². The van der Waals surface area contributed by atoms with Gasteiger partial charge in [-0.1, -0.05) is 12.1 Å². The van der Waals surface area contributed by atoms with Gasteiger partial charge in [0.1, 0.15) is 0 Å². The SMILES string of the molecule is CNS(=O)(=O)c1ccc(CCC(=O)N[C@@H](COC)c2ccnn2C)cc1. The van der Waals surface area contributed by atoms with E-state index in [1.165, 1.54) is 19.2 Å². The van der Waals surface area contributed by atoms with E-state index in [-0.39, 0.29) is 23.3 Å². The third kappa shape index (κ3) is 5.13. The van der Waals surface area contributed by atoms with Gasteiger partial charge in [0.05, 0.1) is 23.2 Å². The summed E-state index contributed by atoms with van der Waals surface area (Å²) in [6.45, 7) is 0.349. The van der Waals surface area contributed by atoms with Gasteiger partial charge in [-0.25, -0.2) is 13.1 Å². The molecule has 0 spiro atoms. The van der Waals surface area contributed by atoms with E-state index < -0.39 is 10.0 Å². The second kappa shape index (κ2) is 8.93. The van der Waals surface area contributed by atoms with Crippen LogP contribution in [-0.4, -0.2) is 44.9 Å². The van der Waals surface area contributed by atoms with Crippen LogP contribution in [0.2, 0.25) is 0 Å². The van der Waals surface area contributed by atoms with Gasteiger partial charge >= 0.3 is 0 Å². The summed E-state index contributed by atoms with van der Waals surface area (Å²) in [5.41, 5.74) is 1.75. The first-order chi connectivity index (χ1) is 12.4. The van der Waals surface area contributed by atoms with Crippen molar-refractivity contribution in [3.8, 4) is 0 Å². The van der Waals surface area contributed by atoms with Crippen molar-refractivity contribution >= 4 is 15.9 Å². The maximum absolute atomic E-state index is 12.3. The molecule has 142 valence electrons. The van der Waals surface area contributed by atoms with Crippen molar-refractivity contribution in [2.75, 3.05) is 20.8 Å². The molecule has 1 amide bonds. The number of amides is 1. The number of carbonyl (C=O) groups is 1. The lowest BCUT2D eigenvalue weighted by atomic mass is 10.1. The number of hydrogen-bond acceptors (Lipinski definition) is 5. The Balaban J connectivity index is 1.94. The summed E-state index contributed by atoms with van der Waals surface area (Å²) in [4.78, 5) is 12.5. The van der Waals surface area contributed by atoms with Crippen LogP contribution in [0, 0.1) is 0 Å². The maximum Gasteiger partial charge on any atom is 0.240 e. The highest BCUT2D eigenvalue weighted by Crippen LogP contribution is 2.14. The van der Waals surface area contributed by atoms with Crippen LogP contribution in [0.4, 0.5) is 0 Å². The molecule has 0 aliphatic rings. The van der Waals surface area contributed by atoms with E-state index in [1.807, 2.05) is 13.1 Å². The monoisotopic (exact) mass is 380 g/mol. The quantitative estimate of drug-likeness (QED) is 0.669. The van der Waals surface area contributed by atoms with Crippen LogP contribution in [0.25, 0.3) is 0 Å². The van der Waals surface area contributed by atoms with Gasteiger partial charge in [-0.3, -0.25) is 9.48 Å². The Bertz CT molecular complexity index is 831.